The van der Waals surface area contributed by atoms with Crippen LogP contribution in [0.4, 0.5) is 13.2 Å². The summed E-state index contributed by atoms with van der Waals surface area (Å²) >= 11 is 0. The fourth-order valence-corrected chi connectivity index (χ4v) is 1.99. The van der Waals surface area contributed by atoms with E-state index < -0.39 is 12.7 Å². The molecule has 16 heavy (non-hydrogen) atoms. The molecule has 1 aliphatic rings. The van der Waals surface area contributed by atoms with Gasteiger partial charge in [0.25, 0.3) is 0 Å². The minimum absolute atomic E-state index is 0.360. The molecule has 0 saturated carbocycles. The maximum Gasteiger partial charge on any atom is 0.401 e. The van der Waals surface area contributed by atoms with Gasteiger partial charge in [0.1, 0.15) is 0 Å². The number of hydrogen-bond donors (Lipinski definition) is 0. The van der Waals surface area contributed by atoms with E-state index in [-0.39, 0.29) is 6.04 Å². The van der Waals surface area contributed by atoms with E-state index in [1.165, 1.54) is 4.90 Å². The third-order valence-corrected chi connectivity index (χ3v) is 2.59. The van der Waals surface area contributed by atoms with Crippen molar-refractivity contribution in [3.05, 3.63) is 11.7 Å². The Bertz CT molecular complexity index is 363. The maximum atomic E-state index is 12.3. The Morgan fingerprint density at radius 1 is 1.50 bits per heavy atom. The van der Waals surface area contributed by atoms with Crippen molar-refractivity contribution < 1.29 is 17.7 Å². The molecule has 1 fully saturated rings. The van der Waals surface area contributed by atoms with Gasteiger partial charge < -0.3 is 4.52 Å². The normalized spacial score (nSPS) is 22.9. The van der Waals surface area contributed by atoms with Gasteiger partial charge in [0.2, 0.25) is 5.89 Å². The van der Waals surface area contributed by atoms with Crippen molar-refractivity contribution in [1.29, 1.82) is 0 Å². The molecule has 7 heteroatoms. The highest BCUT2D eigenvalue weighted by Gasteiger charge is 2.38. The molecule has 0 amide bonds. The van der Waals surface area contributed by atoms with Crippen LogP contribution < -0.4 is 0 Å². The SMILES string of the molecule is Cc1nc(C2CCCN2CC(F)(F)F)no1. The largest absolute Gasteiger partial charge is 0.401 e. The lowest BCUT2D eigenvalue weighted by atomic mass is 10.2. The van der Waals surface area contributed by atoms with Gasteiger partial charge in [-0.3, -0.25) is 4.90 Å². The van der Waals surface area contributed by atoms with E-state index >= 15 is 0 Å². The van der Waals surface area contributed by atoms with E-state index in [0.29, 0.717) is 24.7 Å². The Kier molecular flexibility index (Phi) is 2.88. The van der Waals surface area contributed by atoms with Gasteiger partial charge in [-0.2, -0.15) is 18.2 Å². The van der Waals surface area contributed by atoms with E-state index in [1.54, 1.807) is 6.92 Å². The maximum absolute atomic E-state index is 12.3. The molecule has 0 aliphatic carbocycles. The number of rotatable bonds is 2. The molecule has 1 atom stereocenters. The molecule has 1 aromatic rings. The zero-order valence-corrected chi connectivity index (χ0v) is 8.79. The molecule has 1 unspecified atom stereocenters. The molecule has 0 bridgehead atoms. The van der Waals surface area contributed by atoms with Crippen LogP contribution >= 0.6 is 0 Å². The number of aromatic nitrogens is 2. The number of aryl methyl sites for hydroxylation is 1. The summed E-state index contributed by atoms with van der Waals surface area (Å²) in [4.78, 5) is 5.34. The van der Waals surface area contributed by atoms with Crippen LogP contribution in [0, 0.1) is 6.92 Å². The number of nitrogens with zero attached hydrogens (tertiary/aromatic N) is 3. The second-order valence-electron chi connectivity index (χ2n) is 3.92. The molecular formula is C9H12F3N3O. The molecule has 4 nitrogen and oxygen atoms in total. The van der Waals surface area contributed by atoms with Crippen molar-refractivity contribution >= 4 is 0 Å². The van der Waals surface area contributed by atoms with Gasteiger partial charge in [-0.05, 0) is 19.4 Å². The fraction of sp³-hybridized carbons (Fsp3) is 0.778. The van der Waals surface area contributed by atoms with Crippen LogP contribution in [0.3, 0.4) is 0 Å². The Hall–Kier alpha value is -1.11. The first kappa shape index (κ1) is 11.4. The monoisotopic (exact) mass is 235 g/mol. The Labute approximate surface area is 90.4 Å². The van der Waals surface area contributed by atoms with Crippen LogP contribution in [-0.2, 0) is 0 Å². The summed E-state index contributed by atoms with van der Waals surface area (Å²) in [6.45, 7) is 1.14. The average molecular weight is 235 g/mol. The predicted molar refractivity (Wildman–Crippen MR) is 48.6 cm³/mol. The first-order valence-electron chi connectivity index (χ1n) is 5.07. The smallest absolute Gasteiger partial charge is 0.340 e. The van der Waals surface area contributed by atoms with Gasteiger partial charge in [-0.15, -0.1) is 0 Å². The van der Waals surface area contributed by atoms with E-state index in [0.717, 1.165) is 6.42 Å². The lowest BCUT2D eigenvalue weighted by molar-refractivity contribution is -0.148. The molecule has 1 saturated heterocycles. The van der Waals surface area contributed by atoms with Crippen molar-refractivity contribution in [3.8, 4) is 0 Å². The summed E-state index contributed by atoms with van der Waals surface area (Å²) in [6, 6.07) is -0.362. The quantitative estimate of drug-likeness (QED) is 0.787. The molecule has 90 valence electrons. The molecule has 0 spiro atoms. The van der Waals surface area contributed by atoms with Crippen molar-refractivity contribution in [2.45, 2.75) is 32.0 Å². The van der Waals surface area contributed by atoms with Crippen molar-refractivity contribution in [2.75, 3.05) is 13.1 Å². The van der Waals surface area contributed by atoms with Gasteiger partial charge in [-0.25, -0.2) is 0 Å². The van der Waals surface area contributed by atoms with Gasteiger partial charge in [0, 0.05) is 6.92 Å². The van der Waals surface area contributed by atoms with Crippen molar-refractivity contribution in [3.63, 3.8) is 0 Å². The number of halogens is 3. The third kappa shape index (κ3) is 2.52. The van der Waals surface area contributed by atoms with Crippen LogP contribution in [0.25, 0.3) is 0 Å². The first-order chi connectivity index (χ1) is 7.46. The summed E-state index contributed by atoms with van der Waals surface area (Å²) in [5, 5.41) is 3.68. The summed E-state index contributed by atoms with van der Waals surface area (Å²) in [6.07, 6.45) is -2.80. The zero-order valence-electron chi connectivity index (χ0n) is 8.79. The Balaban J connectivity index is 2.09. The van der Waals surface area contributed by atoms with Crippen LogP contribution in [0.5, 0.6) is 0 Å². The summed E-state index contributed by atoms with van der Waals surface area (Å²) in [5.74, 6) is 0.744. The Morgan fingerprint density at radius 3 is 2.81 bits per heavy atom. The third-order valence-electron chi connectivity index (χ3n) is 2.59. The first-order valence-corrected chi connectivity index (χ1v) is 5.07. The number of alkyl halides is 3. The molecule has 0 N–H and O–H groups in total. The highest BCUT2D eigenvalue weighted by Crippen LogP contribution is 2.32. The van der Waals surface area contributed by atoms with Crippen molar-refractivity contribution in [2.24, 2.45) is 0 Å². The van der Waals surface area contributed by atoms with E-state index in [9.17, 15) is 13.2 Å². The van der Waals surface area contributed by atoms with Crippen LogP contribution in [0.15, 0.2) is 4.52 Å². The highest BCUT2D eigenvalue weighted by molar-refractivity contribution is 4.97. The minimum atomic E-state index is -4.18. The summed E-state index contributed by atoms with van der Waals surface area (Å²) < 4.78 is 41.7. The van der Waals surface area contributed by atoms with E-state index in [1.807, 2.05) is 0 Å². The highest BCUT2D eigenvalue weighted by atomic mass is 19.4. The number of likely N-dealkylation sites (tertiary alicyclic amines) is 1. The summed E-state index contributed by atoms with van der Waals surface area (Å²) in [7, 11) is 0. The second kappa shape index (κ2) is 4.04. The molecule has 0 aromatic carbocycles. The fourth-order valence-electron chi connectivity index (χ4n) is 1.99. The molecule has 1 aromatic heterocycles. The van der Waals surface area contributed by atoms with E-state index in [4.69, 9.17) is 4.52 Å². The summed E-state index contributed by atoms with van der Waals surface area (Å²) in [5.41, 5.74) is 0. The van der Waals surface area contributed by atoms with Gasteiger partial charge in [0.15, 0.2) is 5.82 Å². The van der Waals surface area contributed by atoms with E-state index in [2.05, 4.69) is 10.1 Å². The van der Waals surface area contributed by atoms with Gasteiger partial charge in [0.05, 0.1) is 12.6 Å². The standard InChI is InChI=1S/C9H12F3N3O/c1-6-13-8(14-16-6)7-3-2-4-15(7)5-9(10,11)12/h7H,2-5H2,1H3. The average Bonchev–Trinajstić information content (AvgIpc) is 2.71. The zero-order chi connectivity index (χ0) is 11.8. The lowest BCUT2D eigenvalue weighted by Gasteiger charge is -2.22. The van der Waals surface area contributed by atoms with Gasteiger partial charge in [-0.1, -0.05) is 5.16 Å². The van der Waals surface area contributed by atoms with Crippen LogP contribution in [-0.4, -0.2) is 34.3 Å². The van der Waals surface area contributed by atoms with Gasteiger partial charge >= 0.3 is 6.18 Å². The minimum Gasteiger partial charge on any atom is -0.340 e. The van der Waals surface area contributed by atoms with Crippen LogP contribution in [0.2, 0.25) is 0 Å². The molecule has 2 heterocycles. The molecule has 2 rings (SSSR count). The number of hydrogen-bond acceptors (Lipinski definition) is 4. The molecule has 1 aliphatic heterocycles. The molecule has 0 radical (unpaired) electrons. The Morgan fingerprint density at radius 2 is 2.25 bits per heavy atom. The lowest BCUT2D eigenvalue weighted by Crippen LogP contribution is -2.34. The topological polar surface area (TPSA) is 42.2 Å². The van der Waals surface area contributed by atoms with Crippen LogP contribution in [0.1, 0.15) is 30.6 Å². The molecular weight excluding hydrogens is 223 g/mol. The second-order valence-corrected chi connectivity index (χ2v) is 3.92. The predicted octanol–water partition coefficient (Wildman–Crippen LogP) is 2.08. The van der Waals surface area contributed by atoms with Crippen molar-refractivity contribution in [1.82, 2.24) is 15.0 Å².